The number of hydrogen-bond donors (Lipinski definition) is 2. The fourth-order valence-corrected chi connectivity index (χ4v) is 3.83. The fourth-order valence-electron chi connectivity index (χ4n) is 3.83. The van der Waals surface area contributed by atoms with Gasteiger partial charge in [0.2, 0.25) is 0 Å². The van der Waals surface area contributed by atoms with Crippen molar-refractivity contribution in [1.82, 2.24) is 15.0 Å². The lowest BCUT2D eigenvalue weighted by molar-refractivity contribution is -0.139. The van der Waals surface area contributed by atoms with E-state index >= 15 is 0 Å². The van der Waals surface area contributed by atoms with Gasteiger partial charge in [0.15, 0.2) is 0 Å². The van der Waals surface area contributed by atoms with Crippen LogP contribution in [0.5, 0.6) is 0 Å². The van der Waals surface area contributed by atoms with E-state index in [1.807, 2.05) is 13.8 Å². The molecule has 0 unspecified atom stereocenters. The SMILES string of the molecule is CC(C)c1ncc([C@@H](CCC(=O)CCCCc2ccc3c(n2)NCCC3)C(=O)O)cn1. The summed E-state index contributed by atoms with van der Waals surface area (Å²) < 4.78 is 0. The summed E-state index contributed by atoms with van der Waals surface area (Å²) >= 11 is 0. The molecule has 2 N–H and O–H groups in total. The highest BCUT2D eigenvalue weighted by atomic mass is 16.4. The number of carboxylic acid groups (broad SMARTS) is 1. The van der Waals surface area contributed by atoms with Gasteiger partial charge < -0.3 is 10.4 Å². The lowest BCUT2D eigenvalue weighted by atomic mass is 9.94. The predicted molar refractivity (Wildman–Crippen MR) is 119 cm³/mol. The second kappa shape index (κ2) is 11.0. The molecule has 0 fully saturated rings. The number of hydrogen-bond acceptors (Lipinski definition) is 6. The Bertz CT molecular complexity index is 896. The number of rotatable bonds is 11. The van der Waals surface area contributed by atoms with Crippen molar-refractivity contribution in [3.63, 3.8) is 0 Å². The molecule has 1 aliphatic rings. The van der Waals surface area contributed by atoms with E-state index in [0.29, 0.717) is 17.8 Å². The summed E-state index contributed by atoms with van der Waals surface area (Å²) in [5, 5.41) is 12.9. The lowest BCUT2D eigenvalue weighted by Crippen LogP contribution is -2.15. The molecule has 7 nitrogen and oxygen atoms in total. The first kappa shape index (κ1) is 22.8. The third-order valence-electron chi connectivity index (χ3n) is 5.71. The van der Waals surface area contributed by atoms with Crippen molar-refractivity contribution in [1.29, 1.82) is 0 Å². The number of fused-ring (bicyclic) bond motifs is 1. The zero-order chi connectivity index (χ0) is 22.2. The summed E-state index contributed by atoms with van der Waals surface area (Å²) in [6.45, 7) is 4.95. The number of nitrogens with one attached hydrogen (secondary N) is 1. The average Bonchev–Trinajstić information content (AvgIpc) is 2.77. The number of Topliss-reactive ketones (excluding diaryl/α,β-unsaturated/α-hetero) is 1. The first-order valence-electron chi connectivity index (χ1n) is 11.2. The molecule has 0 saturated carbocycles. The largest absolute Gasteiger partial charge is 0.481 e. The van der Waals surface area contributed by atoms with Crippen molar-refractivity contribution < 1.29 is 14.7 Å². The maximum Gasteiger partial charge on any atom is 0.311 e. The Labute approximate surface area is 183 Å². The van der Waals surface area contributed by atoms with Crippen LogP contribution in [0.2, 0.25) is 0 Å². The zero-order valence-electron chi connectivity index (χ0n) is 18.4. The van der Waals surface area contributed by atoms with Crippen LogP contribution in [0.15, 0.2) is 24.5 Å². The van der Waals surface area contributed by atoms with Gasteiger partial charge in [-0.3, -0.25) is 9.59 Å². The van der Waals surface area contributed by atoms with Crippen LogP contribution in [-0.4, -0.2) is 38.4 Å². The molecule has 3 rings (SSSR count). The van der Waals surface area contributed by atoms with E-state index in [-0.39, 0.29) is 24.5 Å². The molecule has 0 aliphatic carbocycles. The topological polar surface area (TPSA) is 105 Å². The van der Waals surface area contributed by atoms with E-state index in [0.717, 1.165) is 50.2 Å². The number of carbonyl (C=O) groups is 2. The molecular weight excluding hydrogens is 392 g/mol. The number of aromatic nitrogens is 3. The number of pyridine rings is 1. The molecule has 0 aromatic carbocycles. The van der Waals surface area contributed by atoms with E-state index in [1.165, 1.54) is 5.56 Å². The molecule has 31 heavy (non-hydrogen) atoms. The smallest absolute Gasteiger partial charge is 0.311 e. The van der Waals surface area contributed by atoms with Gasteiger partial charge in [0.25, 0.3) is 0 Å². The molecule has 2 aromatic rings. The molecule has 0 bridgehead atoms. The lowest BCUT2D eigenvalue weighted by Gasteiger charge is -2.17. The summed E-state index contributed by atoms with van der Waals surface area (Å²) in [5.41, 5.74) is 2.88. The molecule has 3 heterocycles. The van der Waals surface area contributed by atoms with Crippen LogP contribution in [0.4, 0.5) is 5.82 Å². The number of ketones is 1. The number of carbonyl (C=O) groups excluding carboxylic acids is 1. The molecule has 166 valence electrons. The van der Waals surface area contributed by atoms with Gasteiger partial charge in [0.1, 0.15) is 17.4 Å². The first-order valence-corrected chi connectivity index (χ1v) is 11.2. The van der Waals surface area contributed by atoms with Crippen molar-refractivity contribution >= 4 is 17.6 Å². The number of aryl methyl sites for hydroxylation is 2. The van der Waals surface area contributed by atoms with Gasteiger partial charge in [0, 0.05) is 49.0 Å². The Morgan fingerprint density at radius 3 is 2.61 bits per heavy atom. The zero-order valence-corrected chi connectivity index (χ0v) is 18.4. The first-order chi connectivity index (χ1) is 14.9. The second-order valence-electron chi connectivity index (χ2n) is 8.55. The van der Waals surface area contributed by atoms with Crippen molar-refractivity contribution in [3.8, 4) is 0 Å². The Morgan fingerprint density at radius 2 is 1.90 bits per heavy atom. The molecule has 0 amide bonds. The van der Waals surface area contributed by atoms with Gasteiger partial charge in [-0.15, -0.1) is 0 Å². The van der Waals surface area contributed by atoms with Crippen LogP contribution in [0.1, 0.15) is 86.9 Å². The monoisotopic (exact) mass is 424 g/mol. The van der Waals surface area contributed by atoms with Gasteiger partial charge in [-0.1, -0.05) is 19.9 Å². The third-order valence-corrected chi connectivity index (χ3v) is 5.71. The molecular formula is C24H32N4O3. The van der Waals surface area contributed by atoms with Crippen LogP contribution in [-0.2, 0) is 22.4 Å². The molecule has 2 aromatic heterocycles. The van der Waals surface area contributed by atoms with Gasteiger partial charge in [-0.2, -0.15) is 0 Å². The minimum Gasteiger partial charge on any atom is -0.481 e. The number of unbranched alkanes of at least 4 members (excludes halogenated alkanes) is 1. The highest BCUT2D eigenvalue weighted by Gasteiger charge is 2.22. The minimum atomic E-state index is -0.944. The highest BCUT2D eigenvalue weighted by Crippen LogP contribution is 2.23. The maximum atomic E-state index is 12.3. The predicted octanol–water partition coefficient (Wildman–Crippen LogP) is 4.28. The summed E-state index contributed by atoms with van der Waals surface area (Å²) in [6, 6.07) is 4.23. The van der Waals surface area contributed by atoms with E-state index in [9.17, 15) is 14.7 Å². The average molecular weight is 425 g/mol. The number of anilines is 1. The van der Waals surface area contributed by atoms with E-state index in [1.54, 1.807) is 12.4 Å². The normalized spacial score (nSPS) is 14.0. The van der Waals surface area contributed by atoms with Gasteiger partial charge >= 0.3 is 5.97 Å². The van der Waals surface area contributed by atoms with Crippen molar-refractivity contribution in [3.05, 3.63) is 47.2 Å². The third kappa shape index (κ3) is 6.57. The molecule has 0 saturated heterocycles. The molecule has 7 heteroatoms. The quantitative estimate of drug-likeness (QED) is 0.519. The van der Waals surface area contributed by atoms with Gasteiger partial charge in [-0.05, 0) is 50.2 Å². The van der Waals surface area contributed by atoms with Crippen LogP contribution in [0.25, 0.3) is 0 Å². The molecule has 1 atom stereocenters. The van der Waals surface area contributed by atoms with E-state index < -0.39 is 11.9 Å². The highest BCUT2D eigenvalue weighted by molar-refractivity contribution is 5.80. The standard InChI is InChI=1S/C24H32N4O3/c1-16(2)22-26-14-18(15-27-22)21(24(30)31)12-11-20(29)8-4-3-7-19-10-9-17-6-5-13-25-23(17)28-19/h9-10,14-16,21H,3-8,11-13H2,1-2H3,(H,25,28)(H,30,31)/t21-/m1/s1. The van der Waals surface area contributed by atoms with Crippen molar-refractivity contribution in [2.24, 2.45) is 0 Å². The van der Waals surface area contributed by atoms with Crippen molar-refractivity contribution in [2.45, 2.75) is 77.0 Å². The van der Waals surface area contributed by atoms with E-state index in [4.69, 9.17) is 0 Å². The number of aliphatic carboxylic acids is 1. The maximum absolute atomic E-state index is 12.3. The van der Waals surface area contributed by atoms with Gasteiger partial charge in [0.05, 0.1) is 5.92 Å². The molecule has 0 radical (unpaired) electrons. The Hall–Kier alpha value is -2.83. The minimum absolute atomic E-state index is 0.103. The number of nitrogens with zero attached hydrogens (tertiary/aromatic N) is 3. The summed E-state index contributed by atoms with van der Waals surface area (Å²) in [7, 11) is 0. The summed E-state index contributed by atoms with van der Waals surface area (Å²) in [6.07, 6.45) is 8.90. The van der Waals surface area contributed by atoms with E-state index in [2.05, 4.69) is 32.4 Å². The summed E-state index contributed by atoms with van der Waals surface area (Å²) in [4.78, 5) is 37.2. The van der Waals surface area contributed by atoms with Gasteiger partial charge in [-0.25, -0.2) is 15.0 Å². The second-order valence-corrected chi connectivity index (χ2v) is 8.55. The fraction of sp³-hybridized carbons (Fsp3) is 0.542. The Kier molecular flexibility index (Phi) is 8.09. The number of carboxylic acids is 1. The van der Waals surface area contributed by atoms with Crippen LogP contribution >= 0.6 is 0 Å². The Morgan fingerprint density at radius 1 is 1.13 bits per heavy atom. The van der Waals surface area contributed by atoms with Crippen LogP contribution in [0, 0.1) is 0 Å². The van der Waals surface area contributed by atoms with Crippen LogP contribution < -0.4 is 5.32 Å². The van der Waals surface area contributed by atoms with Crippen LogP contribution in [0.3, 0.4) is 0 Å². The molecule has 1 aliphatic heterocycles. The van der Waals surface area contributed by atoms with Crippen molar-refractivity contribution in [2.75, 3.05) is 11.9 Å². The Balaban J connectivity index is 1.41. The molecule has 0 spiro atoms. The summed E-state index contributed by atoms with van der Waals surface area (Å²) in [5.74, 6) is 0.286.